The summed E-state index contributed by atoms with van der Waals surface area (Å²) >= 11 is 0. The molecule has 0 aliphatic heterocycles. The predicted octanol–water partition coefficient (Wildman–Crippen LogP) is 7.64. The SMILES string of the molecule is CC1(C)c2ccccc2-c2ccc(Nc3cccc4oc5ccccc5c34)cc21. The van der Waals surface area contributed by atoms with Gasteiger partial charge in [0.25, 0.3) is 0 Å². The number of fused-ring (bicyclic) bond motifs is 6. The van der Waals surface area contributed by atoms with E-state index in [1.165, 1.54) is 22.3 Å². The van der Waals surface area contributed by atoms with Gasteiger partial charge in [-0.05, 0) is 52.6 Å². The third kappa shape index (κ3) is 2.29. The average Bonchev–Trinajstić information content (AvgIpc) is 3.23. The van der Waals surface area contributed by atoms with Crippen molar-refractivity contribution in [1.82, 2.24) is 0 Å². The van der Waals surface area contributed by atoms with Crippen molar-refractivity contribution >= 4 is 33.3 Å². The molecule has 0 atom stereocenters. The fourth-order valence-electron chi connectivity index (χ4n) is 4.82. The first-order valence-corrected chi connectivity index (χ1v) is 10.0. The highest BCUT2D eigenvalue weighted by atomic mass is 16.3. The standard InChI is InChI=1S/C27H21NO/c1-27(2)21-10-5-3-8-18(21)19-15-14-17(16-22(19)27)28-23-11-7-13-25-26(23)20-9-4-6-12-24(20)29-25/h3-16,28H,1-2H3. The maximum absolute atomic E-state index is 6.04. The molecule has 0 unspecified atom stereocenters. The van der Waals surface area contributed by atoms with E-state index in [9.17, 15) is 0 Å². The first-order valence-electron chi connectivity index (χ1n) is 10.0. The average molecular weight is 375 g/mol. The van der Waals surface area contributed by atoms with Gasteiger partial charge in [0.15, 0.2) is 0 Å². The van der Waals surface area contributed by atoms with Crippen LogP contribution in [0.3, 0.4) is 0 Å². The van der Waals surface area contributed by atoms with Crippen molar-refractivity contribution in [2.24, 2.45) is 0 Å². The van der Waals surface area contributed by atoms with Crippen molar-refractivity contribution in [1.29, 1.82) is 0 Å². The molecule has 140 valence electrons. The summed E-state index contributed by atoms with van der Waals surface area (Å²) in [6, 6.07) is 29.9. The van der Waals surface area contributed by atoms with Gasteiger partial charge in [-0.15, -0.1) is 0 Å². The Kier molecular flexibility index (Phi) is 3.25. The van der Waals surface area contributed by atoms with Gasteiger partial charge >= 0.3 is 0 Å². The molecule has 29 heavy (non-hydrogen) atoms. The van der Waals surface area contributed by atoms with Crippen LogP contribution >= 0.6 is 0 Å². The lowest BCUT2D eigenvalue weighted by molar-refractivity contribution is 0.660. The molecule has 2 heteroatoms. The van der Waals surface area contributed by atoms with Gasteiger partial charge in [0.05, 0.1) is 11.1 Å². The number of hydrogen-bond donors (Lipinski definition) is 1. The van der Waals surface area contributed by atoms with Crippen LogP contribution < -0.4 is 5.32 Å². The van der Waals surface area contributed by atoms with Crippen LogP contribution in [0.15, 0.2) is 89.3 Å². The smallest absolute Gasteiger partial charge is 0.137 e. The van der Waals surface area contributed by atoms with Crippen molar-refractivity contribution in [3.05, 3.63) is 96.1 Å². The second kappa shape index (κ2) is 5.74. The van der Waals surface area contributed by atoms with Crippen molar-refractivity contribution in [3.8, 4) is 11.1 Å². The molecule has 1 N–H and O–H groups in total. The summed E-state index contributed by atoms with van der Waals surface area (Å²) in [7, 11) is 0. The normalized spacial score (nSPS) is 14.1. The van der Waals surface area contributed by atoms with Gasteiger partial charge in [-0.2, -0.15) is 0 Å². The molecule has 1 heterocycles. The molecule has 1 aromatic heterocycles. The lowest BCUT2D eigenvalue weighted by Crippen LogP contribution is -2.15. The predicted molar refractivity (Wildman–Crippen MR) is 121 cm³/mol. The number of hydrogen-bond acceptors (Lipinski definition) is 2. The first kappa shape index (κ1) is 16.4. The van der Waals surface area contributed by atoms with E-state index in [0.717, 1.165) is 33.3 Å². The highest BCUT2D eigenvalue weighted by Gasteiger charge is 2.35. The van der Waals surface area contributed by atoms with Crippen molar-refractivity contribution in [2.45, 2.75) is 19.3 Å². The van der Waals surface area contributed by atoms with Crippen molar-refractivity contribution in [2.75, 3.05) is 5.32 Å². The maximum Gasteiger partial charge on any atom is 0.137 e. The van der Waals surface area contributed by atoms with Gasteiger partial charge in [0.2, 0.25) is 0 Å². The number of furan rings is 1. The van der Waals surface area contributed by atoms with Crippen LogP contribution in [0.2, 0.25) is 0 Å². The molecule has 5 aromatic rings. The van der Waals surface area contributed by atoms with Crippen LogP contribution in [-0.2, 0) is 5.41 Å². The van der Waals surface area contributed by atoms with E-state index in [4.69, 9.17) is 4.42 Å². The molecule has 0 bridgehead atoms. The van der Waals surface area contributed by atoms with E-state index in [0.29, 0.717) is 0 Å². The van der Waals surface area contributed by atoms with Crippen molar-refractivity contribution < 1.29 is 4.42 Å². The molecule has 0 amide bonds. The zero-order valence-electron chi connectivity index (χ0n) is 16.5. The lowest BCUT2D eigenvalue weighted by atomic mass is 9.82. The molecule has 1 aliphatic carbocycles. The van der Waals surface area contributed by atoms with Crippen LogP contribution in [0.5, 0.6) is 0 Å². The number of nitrogens with one attached hydrogen (secondary N) is 1. The third-order valence-corrected chi connectivity index (χ3v) is 6.27. The molecule has 0 fully saturated rings. The summed E-state index contributed by atoms with van der Waals surface area (Å²) < 4.78 is 6.04. The second-order valence-corrected chi connectivity index (χ2v) is 8.33. The Hall–Kier alpha value is -3.52. The Bertz CT molecular complexity index is 1410. The summed E-state index contributed by atoms with van der Waals surface area (Å²) in [5.41, 5.74) is 9.45. The second-order valence-electron chi connectivity index (χ2n) is 8.33. The van der Waals surface area contributed by atoms with E-state index < -0.39 is 0 Å². The third-order valence-electron chi connectivity index (χ3n) is 6.27. The van der Waals surface area contributed by atoms with Gasteiger partial charge in [0, 0.05) is 16.5 Å². The first-order chi connectivity index (χ1) is 14.1. The van der Waals surface area contributed by atoms with E-state index in [1.807, 2.05) is 24.3 Å². The van der Waals surface area contributed by atoms with Crippen LogP contribution in [0.4, 0.5) is 11.4 Å². The molecule has 0 saturated heterocycles. The van der Waals surface area contributed by atoms with E-state index >= 15 is 0 Å². The summed E-state index contributed by atoms with van der Waals surface area (Å²) in [6.07, 6.45) is 0. The minimum Gasteiger partial charge on any atom is -0.456 e. The molecule has 0 saturated carbocycles. The Morgan fingerprint density at radius 3 is 2.38 bits per heavy atom. The van der Waals surface area contributed by atoms with E-state index in [-0.39, 0.29) is 5.41 Å². The summed E-state index contributed by atoms with van der Waals surface area (Å²) in [5.74, 6) is 0. The molecule has 4 aromatic carbocycles. The minimum atomic E-state index is -0.00202. The molecule has 6 rings (SSSR count). The highest BCUT2D eigenvalue weighted by Crippen LogP contribution is 2.49. The molecular formula is C27H21NO. The summed E-state index contributed by atoms with van der Waals surface area (Å²) in [6.45, 7) is 4.62. The zero-order chi connectivity index (χ0) is 19.6. The van der Waals surface area contributed by atoms with Crippen LogP contribution in [-0.4, -0.2) is 0 Å². The minimum absolute atomic E-state index is 0.00202. The number of anilines is 2. The number of rotatable bonds is 2. The lowest BCUT2D eigenvalue weighted by Gasteiger charge is -2.22. The fraction of sp³-hybridized carbons (Fsp3) is 0.111. The monoisotopic (exact) mass is 375 g/mol. The van der Waals surface area contributed by atoms with Gasteiger partial charge in [-0.3, -0.25) is 0 Å². The molecular weight excluding hydrogens is 354 g/mol. The zero-order valence-corrected chi connectivity index (χ0v) is 16.5. The van der Waals surface area contributed by atoms with Gasteiger partial charge in [-0.1, -0.05) is 68.4 Å². The molecule has 1 aliphatic rings. The Balaban J connectivity index is 1.49. The van der Waals surface area contributed by atoms with Gasteiger partial charge < -0.3 is 9.73 Å². The Morgan fingerprint density at radius 1 is 0.690 bits per heavy atom. The van der Waals surface area contributed by atoms with Crippen LogP contribution in [0.1, 0.15) is 25.0 Å². The highest BCUT2D eigenvalue weighted by molar-refractivity contribution is 6.12. The molecule has 2 nitrogen and oxygen atoms in total. The Morgan fingerprint density at radius 2 is 1.45 bits per heavy atom. The van der Waals surface area contributed by atoms with Crippen LogP contribution in [0.25, 0.3) is 33.1 Å². The quantitative estimate of drug-likeness (QED) is 0.343. The van der Waals surface area contributed by atoms with Crippen LogP contribution in [0, 0.1) is 0 Å². The molecule has 0 radical (unpaired) electrons. The number of para-hydroxylation sites is 1. The van der Waals surface area contributed by atoms with E-state index in [1.54, 1.807) is 0 Å². The van der Waals surface area contributed by atoms with E-state index in [2.05, 4.69) is 79.8 Å². The summed E-state index contributed by atoms with van der Waals surface area (Å²) in [5, 5.41) is 5.93. The van der Waals surface area contributed by atoms with Gasteiger partial charge in [0.1, 0.15) is 11.2 Å². The fourth-order valence-corrected chi connectivity index (χ4v) is 4.82. The topological polar surface area (TPSA) is 25.2 Å². The summed E-state index contributed by atoms with van der Waals surface area (Å²) in [4.78, 5) is 0. The molecule has 0 spiro atoms. The Labute approximate surface area is 169 Å². The van der Waals surface area contributed by atoms with Gasteiger partial charge in [-0.25, -0.2) is 0 Å². The number of benzene rings is 4. The van der Waals surface area contributed by atoms with Crippen molar-refractivity contribution in [3.63, 3.8) is 0 Å². The largest absolute Gasteiger partial charge is 0.456 e. The maximum atomic E-state index is 6.04.